The Labute approximate surface area is 127 Å². The molecule has 1 fully saturated rings. The number of nitrogens with zero attached hydrogens (tertiary/aromatic N) is 1. The Hall–Kier alpha value is -0.980. The van der Waals surface area contributed by atoms with Gasteiger partial charge in [0.15, 0.2) is 9.84 Å². The molecule has 1 aliphatic heterocycles. The second-order valence-corrected chi connectivity index (χ2v) is 7.86. The van der Waals surface area contributed by atoms with Gasteiger partial charge in [-0.2, -0.15) is 0 Å². The van der Waals surface area contributed by atoms with Crippen LogP contribution in [-0.2, 0) is 9.84 Å². The third-order valence-electron chi connectivity index (χ3n) is 3.26. The maximum absolute atomic E-state index is 12.4. The van der Waals surface area contributed by atoms with Crippen molar-refractivity contribution in [1.29, 1.82) is 0 Å². The van der Waals surface area contributed by atoms with Crippen molar-refractivity contribution >= 4 is 44.6 Å². The van der Waals surface area contributed by atoms with Gasteiger partial charge in [0, 0.05) is 18.2 Å². The Kier molecular flexibility index (Phi) is 4.18. The van der Waals surface area contributed by atoms with Crippen LogP contribution in [0.2, 0.25) is 10.0 Å². The third-order valence-corrected chi connectivity index (χ3v) is 5.68. The maximum Gasteiger partial charge on any atom is 0.254 e. The summed E-state index contributed by atoms with van der Waals surface area (Å²) in [4.78, 5) is 13.9. The normalized spacial score (nSPS) is 21.8. The van der Waals surface area contributed by atoms with Crippen molar-refractivity contribution in [3.63, 3.8) is 0 Å². The number of carbonyl (C=O) groups is 1. The Morgan fingerprint density at radius 3 is 2.40 bits per heavy atom. The van der Waals surface area contributed by atoms with Gasteiger partial charge >= 0.3 is 0 Å². The van der Waals surface area contributed by atoms with Crippen molar-refractivity contribution in [3.8, 4) is 0 Å². The minimum absolute atomic E-state index is 0.0283. The SMILES string of the molecule is CC1CS(=O)(=O)CCN1C(=O)c1cc(Cl)c(N)c(Cl)c1. The lowest BCUT2D eigenvalue weighted by molar-refractivity contribution is 0.0712. The number of halogens is 2. The lowest BCUT2D eigenvalue weighted by Crippen LogP contribution is -2.49. The van der Waals surface area contributed by atoms with Crippen LogP contribution in [0.25, 0.3) is 0 Å². The van der Waals surface area contributed by atoms with Gasteiger partial charge in [-0.3, -0.25) is 4.79 Å². The van der Waals surface area contributed by atoms with Crippen LogP contribution in [0.4, 0.5) is 5.69 Å². The van der Waals surface area contributed by atoms with Crippen LogP contribution in [-0.4, -0.2) is 43.3 Å². The van der Waals surface area contributed by atoms with Crippen LogP contribution in [0.3, 0.4) is 0 Å². The number of benzene rings is 1. The monoisotopic (exact) mass is 336 g/mol. The highest BCUT2D eigenvalue weighted by atomic mass is 35.5. The van der Waals surface area contributed by atoms with Gasteiger partial charge in [0.05, 0.1) is 27.2 Å². The van der Waals surface area contributed by atoms with Crippen LogP contribution in [0.5, 0.6) is 0 Å². The smallest absolute Gasteiger partial charge is 0.254 e. The van der Waals surface area contributed by atoms with Crippen LogP contribution in [0.1, 0.15) is 17.3 Å². The number of anilines is 1. The average Bonchev–Trinajstić information content (AvgIpc) is 2.33. The molecule has 8 heteroatoms. The summed E-state index contributed by atoms with van der Waals surface area (Å²) in [6, 6.07) is 2.51. The van der Waals surface area contributed by atoms with E-state index < -0.39 is 9.84 Å². The molecule has 1 aromatic carbocycles. The van der Waals surface area contributed by atoms with E-state index in [1.807, 2.05) is 0 Å². The fourth-order valence-electron chi connectivity index (χ4n) is 2.17. The van der Waals surface area contributed by atoms with Crippen molar-refractivity contribution in [2.45, 2.75) is 13.0 Å². The summed E-state index contributed by atoms with van der Waals surface area (Å²) in [5.74, 6) is -0.356. The predicted molar refractivity (Wildman–Crippen MR) is 80.0 cm³/mol. The Morgan fingerprint density at radius 1 is 1.35 bits per heavy atom. The van der Waals surface area contributed by atoms with Crippen LogP contribution >= 0.6 is 23.2 Å². The molecule has 1 saturated heterocycles. The molecule has 1 unspecified atom stereocenters. The van der Waals surface area contributed by atoms with E-state index in [2.05, 4.69) is 0 Å². The van der Waals surface area contributed by atoms with E-state index in [1.165, 1.54) is 17.0 Å². The molecule has 2 rings (SSSR count). The fourth-order valence-corrected chi connectivity index (χ4v) is 4.22. The summed E-state index contributed by atoms with van der Waals surface area (Å²) in [7, 11) is -3.07. The molecule has 110 valence electrons. The van der Waals surface area contributed by atoms with E-state index in [-0.39, 0.29) is 45.7 Å². The first kappa shape index (κ1) is 15.4. The molecule has 0 aromatic heterocycles. The molecule has 5 nitrogen and oxygen atoms in total. The molecule has 1 heterocycles. The second-order valence-electron chi connectivity index (χ2n) is 4.82. The summed E-state index contributed by atoms with van der Waals surface area (Å²) in [6.45, 7) is 1.87. The first-order valence-corrected chi connectivity index (χ1v) is 8.55. The zero-order valence-electron chi connectivity index (χ0n) is 10.8. The largest absolute Gasteiger partial charge is 0.396 e. The molecule has 0 aliphatic carbocycles. The van der Waals surface area contributed by atoms with Gasteiger partial charge in [0.1, 0.15) is 0 Å². The molecule has 1 atom stereocenters. The summed E-state index contributed by atoms with van der Waals surface area (Å²) in [6.07, 6.45) is 0. The minimum atomic E-state index is -3.07. The zero-order chi connectivity index (χ0) is 15.1. The molecule has 1 amide bonds. The molecule has 2 N–H and O–H groups in total. The van der Waals surface area contributed by atoms with Crippen LogP contribution < -0.4 is 5.73 Å². The van der Waals surface area contributed by atoms with Gasteiger partial charge in [-0.25, -0.2) is 8.42 Å². The minimum Gasteiger partial charge on any atom is -0.396 e. The molecule has 0 radical (unpaired) electrons. The first-order valence-electron chi connectivity index (χ1n) is 5.97. The number of nitrogen functional groups attached to an aromatic ring is 1. The summed E-state index contributed by atoms with van der Waals surface area (Å²) < 4.78 is 23.0. The predicted octanol–water partition coefficient (Wildman–Crippen LogP) is 1.83. The molecule has 20 heavy (non-hydrogen) atoms. The van der Waals surface area contributed by atoms with Crippen molar-refractivity contribution < 1.29 is 13.2 Å². The Morgan fingerprint density at radius 2 is 1.90 bits per heavy atom. The highest BCUT2D eigenvalue weighted by Gasteiger charge is 2.32. The number of hydrogen-bond donors (Lipinski definition) is 1. The van der Waals surface area contributed by atoms with Crippen molar-refractivity contribution in [3.05, 3.63) is 27.7 Å². The number of hydrogen-bond acceptors (Lipinski definition) is 4. The molecule has 1 aliphatic rings. The zero-order valence-corrected chi connectivity index (χ0v) is 13.1. The van der Waals surface area contributed by atoms with Gasteiger partial charge in [-0.1, -0.05) is 23.2 Å². The molecule has 0 spiro atoms. The van der Waals surface area contributed by atoms with Crippen molar-refractivity contribution in [1.82, 2.24) is 4.90 Å². The number of sulfone groups is 1. The second kappa shape index (κ2) is 5.42. The van der Waals surface area contributed by atoms with Crippen molar-refractivity contribution in [2.75, 3.05) is 23.8 Å². The van der Waals surface area contributed by atoms with E-state index in [0.717, 1.165) is 0 Å². The highest BCUT2D eigenvalue weighted by Crippen LogP contribution is 2.29. The Bertz CT molecular complexity index is 638. The number of amides is 1. The van der Waals surface area contributed by atoms with E-state index in [4.69, 9.17) is 28.9 Å². The van der Waals surface area contributed by atoms with Gasteiger partial charge in [-0.15, -0.1) is 0 Å². The fraction of sp³-hybridized carbons (Fsp3) is 0.417. The van der Waals surface area contributed by atoms with Gasteiger partial charge in [0.2, 0.25) is 0 Å². The maximum atomic E-state index is 12.4. The number of rotatable bonds is 1. The van der Waals surface area contributed by atoms with Crippen LogP contribution in [0.15, 0.2) is 12.1 Å². The van der Waals surface area contributed by atoms with E-state index in [1.54, 1.807) is 6.92 Å². The summed E-state index contributed by atoms with van der Waals surface area (Å²) in [5, 5.41) is 0.413. The van der Waals surface area contributed by atoms with Crippen molar-refractivity contribution in [2.24, 2.45) is 0 Å². The lowest BCUT2D eigenvalue weighted by atomic mass is 10.1. The molecule has 1 aromatic rings. The number of carbonyl (C=O) groups excluding carboxylic acids is 1. The molecular formula is C12H14Cl2N2O3S. The first-order chi connectivity index (χ1) is 9.21. The van der Waals surface area contributed by atoms with E-state index >= 15 is 0 Å². The topological polar surface area (TPSA) is 80.5 Å². The standard InChI is InChI=1S/C12H14Cl2N2O3S/c1-7-6-20(18,19)3-2-16(7)12(17)8-4-9(13)11(15)10(14)5-8/h4-5,7H,2-3,6,15H2,1H3. The van der Waals surface area contributed by atoms with E-state index in [9.17, 15) is 13.2 Å². The third kappa shape index (κ3) is 3.02. The Balaban J connectivity index is 2.28. The summed E-state index contributed by atoms with van der Waals surface area (Å²) >= 11 is 11.8. The van der Waals surface area contributed by atoms with Gasteiger partial charge in [0.25, 0.3) is 5.91 Å². The number of nitrogens with two attached hydrogens (primary N) is 1. The van der Waals surface area contributed by atoms with Crippen LogP contribution in [0, 0.1) is 0 Å². The lowest BCUT2D eigenvalue weighted by Gasteiger charge is -2.33. The molecule has 0 bridgehead atoms. The van der Waals surface area contributed by atoms with Gasteiger partial charge < -0.3 is 10.6 Å². The van der Waals surface area contributed by atoms with Gasteiger partial charge in [-0.05, 0) is 19.1 Å². The average molecular weight is 337 g/mol. The molecule has 0 saturated carbocycles. The highest BCUT2D eigenvalue weighted by molar-refractivity contribution is 7.91. The molecular weight excluding hydrogens is 323 g/mol. The summed E-state index contributed by atoms with van der Waals surface area (Å²) in [5.41, 5.74) is 6.15. The van der Waals surface area contributed by atoms with E-state index in [0.29, 0.717) is 5.56 Å². The quantitative estimate of drug-likeness (QED) is 0.793.